The van der Waals surface area contributed by atoms with Crippen molar-refractivity contribution >= 4 is 27.9 Å². The fourth-order valence-electron chi connectivity index (χ4n) is 2.17. The second-order valence-electron chi connectivity index (χ2n) is 4.39. The van der Waals surface area contributed by atoms with Crippen LogP contribution in [0.25, 0.3) is 0 Å². The highest BCUT2D eigenvalue weighted by Crippen LogP contribution is 2.29. The predicted octanol–water partition coefficient (Wildman–Crippen LogP) is 2.22. The van der Waals surface area contributed by atoms with Gasteiger partial charge in [-0.15, -0.1) is 0 Å². The number of nitrogens with zero attached hydrogens (tertiary/aromatic N) is 1. The van der Waals surface area contributed by atoms with E-state index in [1.54, 1.807) is 0 Å². The van der Waals surface area contributed by atoms with Crippen LogP contribution in [0.15, 0.2) is 23.1 Å². The van der Waals surface area contributed by atoms with E-state index in [2.05, 4.69) is 0 Å². The van der Waals surface area contributed by atoms with Gasteiger partial charge in [0.25, 0.3) is 0 Å². The van der Waals surface area contributed by atoms with Gasteiger partial charge in [0.2, 0.25) is 10.0 Å². The zero-order chi connectivity index (χ0) is 14.0. The van der Waals surface area contributed by atoms with Crippen LogP contribution < -0.4 is 0 Å². The first-order valence-corrected chi connectivity index (χ1v) is 7.71. The zero-order valence-corrected chi connectivity index (χ0v) is 11.6. The molecular formula is C12H13ClFNO3S. The number of hydrogen-bond donors (Lipinski definition) is 0. The van der Waals surface area contributed by atoms with Crippen molar-refractivity contribution in [3.8, 4) is 0 Å². The third-order valence-corrected chi connectivity index (χ3v) is 5.54. The smallest absolute Gasteiger partial charge is 0.245 e. The van der Waals surface area contributed by atoms with Gasteiger partial charge in [-0.3, -0.25) is 0 Å². The van der Waals surface area contributed by atoms with Crippen molar-refractivity contribution in [3.05, 3.63) is 29.0 Å². The summed E-state index contributed by atoms with van der Waals surface area (Å²) in [6.07, 6.45) is 2.57. The topological polar surface area (TPSA) is 54.5 Å². The molecular weight excluding hydrogens is 293 g/mol. The molecule has 1 unspecified atom stereocenters. The molecule has 1 atom stereocenters. The summed E-state index contributed by atoms with van der Waals surface area (Å²) in [5.74, 6) is -0.678. The van der Waals surface area contributed by atoms with Crippen LogP contribution in [0.1, 0.15) is 19.3 Å². The molecule has 0 spiro atoms. The summed E-state index contributed by atoms with van der Waals surface area (Å²) in [7, 11) is -3.95. The van der Waals surface area contributed by atoms with Crippen LogP contribution in [0.4, 0.5) is 4.39 Å². The molecule has 1 saturated heterocycles. The molecule has 1 aliphatic heterocycles. The van der Waals surface area contributed by atoms with Gasteiger partial charge >= 0.3 is 0 Å². The van der Waals surface area contributed by atoms with Gasteiger partial charge in [-0.05, 0) is 31.0 Å². The molecule has 1 aromatic rings. The first-order valence-electron chi connectivity index (χ1n) is 5.89. The number of halogens is 2. The maximum atomic E-state index is 13.2. The number of rotatable bonds is 3. The van der Waals surface area contributed by atoms with Crippen LogP contribution in [-0.4, -0.2) is 31.6 Å². The van der Waals surface area contributed by atoms with Crippen molar-refractivity contribution in [2.45, 2.75) is 30.2 Å². The molecule has 0 N–H and O–H groups in total. The van der Waals surface area contributed by atoms with Gasteiger partial charge in [0.05, 0.1) is 11.1 Å². The fourth-order valence-corrected chi connectivity index (χ4v) is 4.29. The second-order valence-corrected chi connectivity index (χ2v) is 6.66. The monoisotopic (exact) mass is 305 g/mol. The minimum absolute atomic E-state index is 0.0448. The van der Waals surface area contributed by atoms with E-state index in [1.165, 1.54) is 6.07 Å². The highest BCUT2D eigenvalue weighted by atomic mass is 35.5. The lowest BCUT2D eigenvalue weighted by Crippen LogP contribution is -2.44. The van der Waals surface area contributed by atoms with E-state index in [-0.39, 0.29) is 16.5 Å². The number of carbonyl (C=O) groups excluding carboxylic acids is 1. The lowest BCUT2D eigenvalue weighted by Gasteiger charge is -2.31. The minimum Gasteiger partial charge on any atom is -0.302 e. The standard InChI is InChI=1S/C12H13ClFNO3S/c13-11-5-4-9(14)7-12(11)19(17,18)15-6-2-1-3-10(15)8-16/h4-5,7-8,10H,1-3,6H2. The number of carbonyl (C=O) groups is 1. The van der Waals surface area contributed by atoms with E-state index in [4.69, 9.17) is 11.6 Å². The maximum absolute atomic E-state index is 13.2. The van der Waals surface area contributed by atoms with Gasteiger partial charge < -0.3 is 4.79 Å². The van der Waals surface area contributed by atoms with Crippen LogP contribution >= 0.6 is 11.6 Å². The Kier molecular flexibility index (Phi) is 4.23. The first kappa shape index (κ1) is 14.4. The molecule has 1 aromatic carbocycles. The van der Waals surface area contributed by atoms with Crippen LogP contribution in [0.2, 0.25) is 5.02 Å². The summed E-state index contributed by atoms with van der Waals surface area (Å²) in [5, 5.41) is -0.0448. The highest BCUT2D eigenvalue weighted by molar-refractivity contribution is 7.89. The number of sulfonamides is 1. The highest BCUT2D eigenvalue weighted by Gasteiger charge is 2.34. The summed E-state index contributed by atoms with van der Waals surface area (Å²) < 4.78 is 39.2. The van der Waals surface area contributed by atoms with Crippen molar-refractivity contribution < 1.29 is 17.6 Å². The fraction of sp³-hybridized carbons (Fsp3) is 0.417. The SMILES string of the molecule is O=CC1CCCCN1S(=O)(=O)c1cc(F)ccc1Cl. The lowest BCUT2D eigenvalue weighted by molar-refractivity contribution is -0.111. The average Bonchev–Trinajstić information content (AvgIpc) is 2.41. The molecule has 1 heterocycles. The Labute approximate surface area is 116 Å². The molecule has 0 saturated carbocycles. The van der Waals surface area contributed by atoms with Crippen molar-refractivity contribution in [3.63, 3.8) is 0 Å². The summed E-state index contributed by atoms with van der Waals surface area (Å²) >= 11 is 5.83. The lowest BCUT2D eigenvalue weighted by atomic mass is 10.1. The Bertz CT molecular complexity index is 591. The first-order chi connectivity index (χ1) is 8.96. The third kappa shape index (κ3) is 2.80. The number of piperidine rings is 1. The van der Waals surface area contributed by atoms with E-state index < -0.39 is 21.9 Å². The molecule has 1 aliphatic rings. The molecule has 19 heavy (non-hydrogen) atoms. The Balaban J connectivity index is 2.46. The summed E-state index contributed by atoms with van der Waals surface area (Å²) in [5.41, 5.74) is 0. The van der Waals surface area contributed by atoms with Crippen LogP contribution in [-0.2, 0) is 14.8 Å². The van der Waals surface area contributed by atoms with Gasteiger partial charge in [0.15, 0.2) is 0 Å². The van der Waals surface area contributed by atoms with Gasteiger partial charge in [-0.1, -0.05) is 18.0 Å². The quantitative estimate of drug-likeness (QED) is 0.805. The minimum atomic E-state index is -3.95. The molecule has 0 aromatic heterocycles. The Morgan fingerprint density at radius 2 is 2.11 bits per heavy atom. The van der Waals surface area contributed by atoms with Crippen molar-refractivity contribution in [1.82, 2.24) is 4.31 Å². The zero-order valence-electron chi connectivity index (χ0n) is 10.1. The maximum Gasteiger partial charge on any atom is 0.245 e. The molecule has 104 valence electrons. The molecule has 0 bridgehead atoms. The van der Waals surface area contributed by atoms with Gasteiger partial charge in [0, 0.05) is 6.54 Å². The van der Waals surface area contributed by atoms with Crippen molar-refractivity contribution in [2.75, 3.05) is 6.54 Å². The number of hydrogen-bond acceptors (Lipinski definition) is 3. The van der Waals surface area contributed by atoms with Crippen LogP contribution in [0.5, 0.6) is 0 Å². The molecule has 0 radical (unpaired) electrons. The Morgan fingerprint density at radius 3 is 2.79 bits per heavy atom. The molecule has 0 amide bonds. The average molecular weight is 306 g/mol. The van der Waals surface area contributed by atoms with E-state index in [0.717, 1.165) is 22.9 Å². The van der Waals surface area contributed by atoms with Crippen LogP contribution in [0.3, 0.4) is 0 Å². The van der Waals surface area contributed by atoms with Gasteiger partial charge in [-0.25, -0.2) is 12.8 Å². The van der Waals surface area contributed by atoms with Gasteiger partial charge in [0.1, 0.15) is 17.0 Å². The number of benzene rings is 1. The van der Waals surface area contributed by atoms with E-state index in [9.17, 15) is 17.6 Å². The summed E-state index contributed by atoms with van der Waals surface area (Å²) in [4.78, 5) is 10.7. The van der Waals surface area contributed by atoms with E-state index in [1.807, 2.05) is 0 Å². The molecule has 1 fully saturated rings. The Hall–Kier alpha value is -0.980. The second kappa shape index (κ2) is 5.56. The van der Waals surface area contributed by atoms with E-state index >= 15 is 0 Å². The molecule has 7 heteroatoms. The Morgan fingerprint density at radius 1 is 1.37 bits per heavy atom. The third-order valence-electron chi connectivity index (χ3n) is 3.14. The number of aldehydes is 1. The van der Waals surface area contributed by atoms with Gasteiger partial charge in [-0.2, -0.15) is 4.31 Å². The summed E-state index contributed by atoms with van der Waals surface area (Å²) in [6, 6.07) is 2.48. The van der Waals surface area contributed by atoms with Crippen molar-refractivity contribution in [2.24, 2.45) is 0 Å². The molecule has 2 rings (SSSR count). The normalized spacial score (nSPS) is 21.3. The molecule has 4 nitrogen and oxygen atoms in total. The molecule has 0 aliphatic carbocycles. The summed E-state index contributed by atoms with van der Waals surface area (Å²) in [6.45, 7) is 0.249. The largest absolute Gasteiger partial charge is 0.302 e. The van der Waals surface area contributed by atoms with Crippen molar-refractivity contribution in [1.29, 1.82) is 0 Å². The van der Waals surface area contributed by atoms with E-state index in [0.29, 0.717) is 19.1 Å². The predicted molar refractivity (Wildman–Crippen MR) is 69.0 cm³/mol. The van der Waals surface area contributed by atoms with Crippen LogP contribution in [0, 0.1) is 5.82 Å².